The molecule has 0 spiro atoms. The third-order valence-corrected chi connectivity index (χ3v) is 4.28. The number of phenolic OH excluding ortho intramolecular Hbond substituents is 1. The summed E-state index contributed by atoms with van der Waals surface area (Å²) < 4.78 is 11.1. The maximum absolute atomic E-state index is 12.0. The van der Waals surface area contributed by atoms with Crippen LogP contribution in [0.2, 0.25) is 0 Å². The number of phenols is 1. The SMILES string of the molecule is CCOc1cc(C=NNC(=O)CC(=O)Nc2ccccc2OC)cc(I)c1O. The van der Waals surface area contributed by atoms with Gasteiger partial charge in [-0.05, 0) is 59.3 Å². The summed E-state index contributed by atoms with van der Waals surface area (Å²) in [6, 6.07) is 10.2. The molecule has 148 valence electrons. The lowest BCUT2D eigenvalue weighted by Gasteiger charge is -2.09. The van der Waals surface area contributed by atoms with Crippen LogP contribution in [0.5, 0.6) is 17.2 Å². The molecule has 0 bridgehead atoms. The molecule has 2 aromatic carbocycles. The van der Waals surface area contributed by atoms with Crippen LogP contribution >= 0.6 is 22.6 Å². The number of hydrogen-bond donors (Lipinski definition) is 3. The van der Waals surface area contributed by atoms with Crippen LogP contribution in [0.15, 0.2) is 41.5 Å². The van der Waals surface area contributed by atoms with E-state index in [4.69, 9.17) is 9.47 Å². The number of ether oxygens (including phenoxy) is 2. The van der Waals surface area contributed by atoms with Crippen molar-refractivity contribution in [2.24, 2.45) is 5.10 Å². The number of halogens is 1. The van der Waals surface area contributed by atoms with Crippen LogP contribution in [-0.4, -0.2) is 36.9 Å². The van der Waals surface area contributed by atoms with Gasteiger partial charge in [-0.15, -0.1) is 0 Å². The number of hydrogen-bond acceptors (Lipinski definition) is 6. The Labute approximate surface area is 176 Å². The summed E-state index contributed by atoms with van der Waals surface area (Å²) in [5.74, 6) is -0.173. The van der Waals surface area contributed by atoms with E-state index in [9.17, 15) is 14.7 Å². The molecule has 9 heteroatoms. The van der Waals surface area contributed by atoms with Crippen molar-refractivity contribution >= 4 is 46.3 Å². The number of carbonyl (C=O) groups is 2. The average Bonchev–Trinajstić information content (AvgIpc) is 2.66. The van der Waals surface area contributed by atoms with Crippen LogP contribution < -0.4 is 20.2 Å². The summed E-state index contributed by atoms with van der Waals surface area (Å²) in [6.07, 6.45) is 1.01. The van der Waals surface area contributed by atoms with E-state index in [1.807, 2.05) is 29.5 Å². The highest BCUT2D eigenvalue weighted by atomic mass is 127. The predicted molar refractivity (Wildman–Crippen MR) is 114 cm³/mol. The molecule has 0 aromatic heterocycles. The van der Waals surface area contributed by atoms with Gasteiger partial charge in [-0.2, -0.15) is 5.10 Å². The summed E-state index contributed by atoms with van der Waals surface area (Å²) in [5, 5.41) is 16.4. The van der Waals surface area contributed by atoms with Crippen molar-refractivity contribution in [3.05, 3.63) is 45.5 Å². The highest BCUT2D eigenvalue weighted by molar-refractivity contribution is 14.1. The van der Waals surface area contributed by atoms with Gasteiger partial charge in [0.05, 0.1) is 29.2 Å². The third kappa shape index (κ3) is 6.12. The Hall–Kier alpha value is -2.82. The second-order valence-electron chi connectivity index (χ2n) is 5.50. The van der Waals surface area contributed by atoms with Crippen LogP contribution in [0.3, 0.4) is 0 Å². The fraction of sp³-hybridized carbons (Fsp3) is 0.211. The Morgan fingerprint density at radius 3 is 2.68 bits per heavy atom. The van der Waals surface area contributed by atoms with Gasteiger partial charge in [-0.3, -0.25) is 9.59 Å². The van der Waals surface area contributed by atoms with Gasteiger partial charge < -0.3 is 19.9 Å². The van der Waals surface area contributed by atoms with Gasteiger partial charge in [0, 0.05) is 0 Å². The molecule has 0 fully saturated rings. The lowest BCUT2D eigenvalue weighted by molar-refractivity contribution is -0.126. The van der Waals surface area contributed by atoms with Gasteiger partial charge in [0.25, 0.3) is 0 Å². The molecule has 8 nitrogen and oxygen atoms in total. The molecule has 0 aliphatic heterocycles. The van der Waals surface area contributed by atoms with Gasteiger partial charge in [0.15, 0.2) is 11.5 Å². The number of aromatic hydroxyl groups is 1. The smallest absolute Gasteiger partial charge is 0.249 e. The highest BCUT2D eigenvalue weighted by Gasteiger charge is 2.12. The van der Waals surface area contributed by atoms with Gasteiger partial charge >= 0.3 is 0 Å². The van der Waals surface area contributed by atoms with Crippen LogP contribution in [0.4, 0.5) is 5.69 Å². The number of nitrogens with one attached hydrogen (secondary N) is 2. The quantitative estimate of drug-likeness (QED) is 0.225. The molecule has 2 rings (SSSR count). The second-order valence-corrected chi connectivity index (χ2v) is 6.66. The van der Waals surface area contributed by atoms with E-state index < -0.39 is 18.2 Å². The summed E-state index contributed by atoms with van der Waals surface area (Å²) >= 11 is 1.97. The number of benzene rings is 2. The Balaban J connectivity index is 1.92. The Bertz CT molecular complexity index is 886. The molecule has 0 atom stereocenters. The summed E-state index contributed by atoms with van der Waals surface area (Å²) in [5.41, 5.74) is 3.40. The number of carbonyl (C=O) groups excluding carboxylic acids is 2. The fourth-order valence-corrected chi connectivity index (χ4v) is 2.87. The monoisotopic (exact) mass is 497 g/mol. The number of hydrazone groups is 1. The summed E-state index contributed by atoms with van der Waals surface area (Å²) in [6.45, 7) is 2.21. The van der Waals surface area contributed by atoms with E-state index in [1.165, 1.54) is 13.3 Å². The topological polar surface area (TPSA) is 109 Å². The van der Waals surface area contributed by atoms with Crippen molar-refractivity contribution in [3.63, 3.8) is 0 Å². The van der Waals surface area contributed by atoms with Gasteiger partial charge in [-0.25, -0.2) is 5.43 Å². The highest BCUT2D eigenvalue weighted by Crippen LogP contribution is 2.32. The first kappa shape index (κ1) is 21.5. The molecule has 0 unspecified atom stereocenters. The van der Waals surface area contributed by atoms with Crippen molar-refractivity contribution < 1.29 is 24.2 Å². The average molecular weight is 497 g/mol. The Morgan fingerprint density at radius 2 is 1.96 bits per heavy atom. The molecule has 0 saturated carbocycles. The van der Waals surface area contributed by atoms with Gasteiger partial charge in [0.2, 0.25) is 11.8 Å². The van der Waals surface area contributed by atoms with Crippen molar-refractivity contribution in [2.45, 2.75) is 13.3 Å². The van der Waals surface area contributed by atoms with Gasteiger partial charge in [-0.1, -0.05) is 12.1 Å². The Morgan fingerprint density at radius 1 is 1.21 bits per heavy atom. The number of para-hydroxylation sites is 2. The number of amides is 2. The van der Waals surface area contributed by atoms with E-state index >= 15 is 0 Å². The largest absolute Gasteiger partial charge is 0.504 e. The molecule has 28 heavy (non-hydrogen) atoms. The van der Waals surface area contributed by atoms with Crippen molar-refractivity contribution in [1.82, 2.24) is 5.43 Å². The molecular formula is C19H20IN3O5. The summed E-state index contributed by atoms with van der Waals surface area (Å²) in [7, 11) is 1.49. The first-order chi connectivity index (χ1) is 13.4. The molecule has 0 saturated heterocycles. The number of rotatable bonds is 8. The zero-order valence-corrected chi connectivity index (χ0v) is 17.5. The molecule has 0 heterocycles. The number of methoxy groups -OCH3 is 1. The maximum Gasteiger partial charge on any atom is 0.249 e. The first-order valence-electron chi connectivity index (χ1n) is 8.34. The zero-order chi connectivity index (χ0) is 20.5. The van der Waals surface area contributed by atoms with E-state index in [0.717, 1.165) is 0 Å². The number of nitrogens with zero attached hydrogens (tertiary/aromatic N) is 1. The summed E-state index contributed by atoms with van der Waals surface area (Å²) in [4.78, 5) is 23.9. The zero-order valence-electron chi connectivity index (χ0n) is 15.4. The van der Waals surface area contributed by atoms with E-state index in [0.29, 0.717) is 32.9 Å². The molecule has 0 radical (unpaired) electrons. The third-order valence-electron chi connectivity index (χ3n) is 3.46. The number of anilines is 1. The van der Waals surface area contributed by atoms with E-state index in [1.54, 1.807) is 36.4 Å². The lowest BCUT2D eigenvalue weighted by atomic mass is 10.2. The maximum atomic E-state index is 12.0. The minimum absolute atomic E-state index is 0.0525. The predicted octanol–water partition coefficient (Wildman–Crippen LogP) is 2.88. The van der Waals surface area contributed by atoms with Crippen LogP contribution in [0.1, 0.15) is 18.9 Å². The van der Waals surface area contributed by atoms with Crippen LogP contribution in [-0.2, 0) is 9.59 Å². The normalized spacial score (nSPS) is 10.5. The van der Waals surface area contributed by atoms with Crippen molar-refractivity contribution in [3.8, 4) is 17.2 Å². The first-order valence-corrected chi connectivity index (χ1v) is 9.42. The van der Waals surface area contributed by atoms with E-state index in [-0.39, 0.29) is 5.75 Å². The second kappa shape index (κ2) is 10.5. The van der Waals surface area contributed by atoms with Crippen LogP contribution in [0, 0.1) is 3.57 Å². The Kier molecular flexibility index (Phi) is 8.05. The fourth-order valence-electron chi connectivity index (χ4n) is 2.24. The van der Waals surface area contributed by atoms with Crippen molar-refractivity contribution in [2.75, 3.05) is 19.0 Å². The minimum Gasteiger partial charge on any atom is -0.504 e. The minimum atomic E-state index is -0.567. The molecule has 3 N–H and O–H groups in total. The molecule has 2 aromatic rings. The molecule has 0 aliphatic carbocycles. The molecule has 2 amide bonds. The lowest BCUT2D eigenvalue weighted by Crippen LogP contribution is -2.24. The van der Waals surface area contributed by atoms with E-state index in [2.05, 4.69) is 15.8 Å². The molecule has 0 aliphatic rings. The van der Waals surface area contributed by atoms with Crippen molar-refractivity contribution in [1.29, 1.82) is 0 Å². The van der Waals surface area contributed by atoms with Crippen LogP contribution in [0.25, 0.3) is 0 Å². The standard InChI is InChI=1S/C19H20IN3O5/c1-3-28-16-9-12(8-13(20)19(16)26)11-21-23-18(25)10-17(24)22-14-6-4-5-7-15(14)27-2/h4-9,11,26H,3,10H2,1-2H3,(H,22,24)(H,23,25). The van der Waals surface area contributed by atoms with Gasteiger partial charge in [0.1, 0.15) is 12.2 Å². The molecular weight excluding hydrogens is 477 g/mol.